The molecule has 3 rings (SSSR count). The molecule has 1 fully saturated rings. The minimum Gasteiger partial charge on any atom is -0.467 e. The lowest BCUT2D eigenvalue weighted by molar-refractivity contribution is -0.148. The van der Waals surface area contributed by atoms with Crippen LogP contribution in [0.25, 0.3) is 17.4 Å². The van der Waals surface area contributed by atoms with Gasteiger partial charge in [0.2, 0.25) is 0 Å². The van der Waals surface area contributed by atoms with Gasteiger partial charge in [0.05, 0.1) is 17.0 Å². The molecule has 9 heteroatoms. The van der Waals surface area contributed by atoms with Gasteiger partial charge in [-0.2, -0.15) is 0 Å². The summed E-state index contributed by atoms with van der Waals surface area (Å²) in [7, 11) is 1.19. The smallest absolute Gasteiger partial charge is 0.328 e. The Morgan fingerprint density at radius 1 is 1.26 bits per heavy atom. The molecule has 2 amide bonds. The van der Waals surface area contributed by atoms with Crippen molar-refractivity contribution in [1.82, 2.24) is 4.90 Å². The Hall–Kier alpha value is -2.22. The highest BCUT2D eigenvalue weighted by Crippen LogP contribution is 2.36. The number of thioether (sulfide) groups is 1. The Bertz CT molecular complexity index is 968. The minimum absolute atomic E-state index is 0.147. The maximum absolute atomic E-state index is 12.5. The average Bonchev–Trinajstić information content (AvgIpc) is 3.20. The van der Waals surface area contributed by atoms with Gasteiger partial charge in [-0.1, -0.05) is 23.2 Å². The zero-order valence-corrected chi connectivity index (χ0v) is 16.5. The van der Waals surface area contributed by atoms with Gasteiger partial charge in [-0.3, -0.25) is 14.5 Å². The molecule has 0 bridgehead atoms. The van der Waals surface area contributed by atoms with Crippen molar-refractivity contribution in [2.24, 2.45) is 0 Å². The van der Waals surface area contributed by atoms with Crippen LogP contribution in [-0.4, -0.2) is 35.2 Å². The van der Waals surface area contributed by atoms with Gasteiger partial charge in [-0.05, 0) is 49.0 Å². The van der Waals surface area contributed by atoms with Crippen LogP contribution in [0.15, 0.2) is 39.7 Å². The highest BCUT2D eigenvalue weighted by atomic mass is 35.5. The third kappa shape index (κ3) is 3.90. The number of carbonyl (C=O) groups excluding carboxylic acids is 3. The van der Waals surface area contributed by atoms with Crippen LogP contribution < -0.4 is 0 Å². The summed E-state index contributed by atoms with van der Waals surface area (Å²) in [6.45, 7) is 1.43. The number of rotatable bonds is 4. The Morgan fingerprint density at radius 2 is 2.00 bits per heavy atom. The van der Waals surface area contributed by atoms with Crippen LogP contribution in [0.2, 0.25) is 10.0 Å². The van der Waals surface area contributed by atoms with Crippen molar-refractivity contribution < 1.29 is 23.5 Å². The number of nitrogens with zero attached hydrogens (tertiary/aromatic N) is 1. The molecule has 1 aliphatic heterocycles. The van der Waals surface area contributed by atoms with Crippen LogP contribution in [-0.2, 0) is 14.3 Å². The van der Waals surface area contributed by atoms with E-state index in [-0.39, 0.29) is 4.91 Å². The van der Waals surface area contributed by atoms with Gasteiger partial charge in [0.15, 0.2) is 0 Å². The molecular formula is C18H13Cl2NO5S. The molecule has 0 saturated carbocycles. The summed E-state index contributed by atoms with van der Waals surface area (Å²) < 4.78 is 10.3. The highest BCUT2D eigenvalue weighted by molar-refractivity contribution is 8.18. The highest BCUT2D eigenvalue weighted by Gasteiger charge is 2.41. The van der Waals surface area contributed by atoms with Gasteiger partial charge in [0.25, 0.3) is 11.1 Å². The standard InChI is InChI=1S/C18H13Cl2NO5S/c1-9(17(23)25-2)21-16(22)15(27-18(21)24)8-11-4-6-14(26-11)12-7-10(19)3-5-13(12)20/h3-9H,1-2H3/b15-8+/t9-/m0/s1. The number of esters is 1. The van der Waals surface area contributed by atoms with E-state index in [1.54, 1.807) is 30.3 Å². The number of methoxy groups -OCH3 is 1. The molecule has 0 unspecified atom stereocenters. The Morgan fingerprint density at radius 3 is 2.70 bits per heavy atom. The van der Waals surface area contributed by atoms with E-state index in [0.29, 0.717) is 27.1 Å². The van der Waals surface area contributed by atoms with Crippen LogP contribution in [0.4, 0.5) is 4.79 Å². The second-order valence-electron chi connectivity index (χ2n) is 5.58. The molecule has 0 N–H and O–H groups in total. The number of imide groups is 1. The third-order valence-corrected chi connectivity index (χ3v) is 5.30. The minimum atomic E-state index is -1.01. The fourth-order valence-corrected chi connectivity index (χ4v) is 3.75. The predicted molar refractivity (Wildman–Crippen MR) is 103 cm³/mol. The first-order chi connectivity index (χ1) is 12.8. The van der Waals surface area contributed by atoms with E-state index in [2.05, 4.69) is 4.74 Å². The molecule has 1 saturated heterocycles. The summed E-state index contributed by atoms with van der Waals surface area (Å²) in [5.41, 5.74) is 0.608. The van der Waals surface area contributed by atoms with Crippen molar-refractivity contribution in [3.8, 4) is 11.3 Å². The fraction of sp³-hybridized carbons (Fsp3) is 0.167. The summed E-state index contributed by atoms with van der Waals surface area (Å²) in [6, 6.07) is 7.30. The summed E-state index contributed by atoms with van der Waals surface area (Å²) in [6.07, 6.45) is 1.44. The van der Waals surface area contributed by atoms with E-state index >= 15 is 0 Å². The monoisotopic (exact) mass is 425 g/mol. The van der Waals surface area contributed by atoms with Gasteiger partial charge >= 0.3 is 5.97 Å². The summed E-state index contributed by atoms with van der Waals surface area (Å²) in [4.78, 5) is 37.2. The van der Waals surface area contributed by atoms with E-state index in [4.69, 9.17) is 27.6 Å². The number of furan rings is 1. The normalized spacial score (nSPS) is 16.9. The number of halogens is 2. The van der Waals surface area contributed by atoms with Crippen LogP contribution in [0.3, 0.4) is 0 Å². The average molecular weight is 426 g/mol. The predicted octanol–water partition coefficient (Wildman–Crippen LogP) is 4.85. The van der Waals surface area contributed by atoms with Crippen molar-refractivity contribution in [3.63, 3.8) is 0 Å². The van der Waals surface area contributed by atoms with E-state index in [1.165, 1.54) is 20.1 Å². The maximum atomic E-state index is 12.5. The van der Waals surface area contributed by atoms with Crippen LogP contribution in [0, 0.1) is 0 Å². The zero-order chi connectivity index (χ0) is 19.7. The number of benzene rings is 1. The molecule has 1 atom stereocenters. The lowest BCUT2D eigenvalue weighted by Crippen LogP contribution is -2.42. The van der Waals surface area contributed by atoms with Gasteiger partial charge in [0, 0.05) is 16.7 Å². The molecule has 0 radical (unpaired) electrons. The second-order valence-corrected chi connectivity index (χ2v) is 7.41. The number of ether oxygens (including phenoxy) is 1. The fourth-order valence-electron chi connectivity index (χ4n) is 2.48. The van der Waals surface area contributed by atoms with Crippen LogP contribution >= 0.6 is 35.0 Å². The first kappa shape index (κ1) is 19.5. The number of hydrogen-bond acceptors (Lipinski definition) is 6. The molecule has 2 aromatic rings. The van der Waals surface area contributed by atoms with Crippen molar-refractivity contribution in [2.75, 3.05) is 7.11 Å². The van der Waals surface area contributed by atoms with E-state index < -0.39 is 23.2 Å². The van der Waals surface area contributed by atoms with Gasteiger partial charge in [0.1, 0.15) is 17.6 Å². The topological polar surface area (TPSA) is 76.8 Å². The SMILES string of the molecule is COC(=O)[C@H](C)N1C(=O)S/C(=C/c2ccc(-c3cc(Cl)ccc3Cl)o2)C1=O. The molecule has 1 aliphatic rings. The molecule has 0 spiro atoms. The van der Waals surface area contributed by atoms with Crippen LogP contribution in [0.5, 0.6) is 0 Å². The number of carbonyl (C=O) groups is 3. The number of hydrogen-bond donors (Lipinski definition) is 0. The lowest BCUT2D eigenvalue weighted by Gasteiger charge is -2.18. The summed E-state index contributed by atoms with van der Waals surface area (Å²) in [5, 5.41) is 0.423. The summed E-state index contributed by atoms with van der Waals surface area (Å²) >= 11 is 12.9. The van der Waals surface area contributed by atoms with Crippen molar-refractivity contribution in [1.29, 1.82) is 0 Å². The van der Waals surface area contributed by atoms with Gasteiger partial charge < -0.3 is 9.15 Å². The lowest BCUT2D eigenvalue weighted by atomic mass is 10.2. The Balaban J connectivity index is 1.87. The third-order valence-electron chi connectivity index (χ3n) is 3.85. The van der Waals surface area contributed by atoms with E-state index in [1.807, 2.05) is 0 Å². The second kappa shape index (κ2) is 7.80. The molecule has 6 nitrogen and oxygen atoms in total. The zero-order valence-electron chi connectivity index (χ0n) is 14.2. The summed E-state index contributed by atoms with van der Waals surface area (Å²) in [5.74, 6) is -0.427. The molecule has 1 aromatic heterocycles. The van der Waals surface area contributed by atoms with Crippen molar-refractivity contribution >= 4 is 58.2 Å². The van der Waals surface area contributed by atoms with Crippen molar-refractivity contribution in [3.05, 3.63) is 51.0 Å². The van der Waals surface area contributed by atoms with E-state index in [0.717, 1.165) is 16.7 Å². The molecule has 27 heavy (non-hydrogen) atoms. The first-order valence-electron chi connectivity index (χ1n) is 7.72. The molecule has 140 valence electrons. The molecule has 0 aliphatic carbocycles. The van der Waals surface area contributed by atoms with E-state index in [9.17, 15) is 14.4 Å². The Labute approximate surface area is 169 Å². The number of amides is 2. The Kier molecular flexibility index (Phi) is 5.64. The quantitative estimate of drug-likeness (QED) is 0.514. The largest absolute Gasteiger partial charge is 0.467 e. The first-order valence-corrected chi connectivity index (χ1v) is 9.29. The van der Waals surface area contributed by atoms with Crippen molar-refractivity contribution in [2.45, 2.75) is 13.0 Å². The molecular weight excluding hydrogens is 413 g/mol. The van der Waals surface area contributed by atoms with Crippen LogP contribution in [0.1, 0.15) is 12.7 Å². The maximum Gasteiger partial charge on any atom is 0.328 e. The molecule has 1 aromatic carbocycles. The van der Waals surface area contributed by atoms with Gasteiger partial charge in [-0.15, -0.1) is 0 Å². The molecule has 2 heterocycles. The van der Waals surface area contributed by atoms with Gasteiger partial charge in [-0.25, -0.2) is 4.79 Å².